The molecule has 0 saturated heterocycles. The molecule has 0 bridgehead atoms. The fourth-order valence-corrected chi connectivity index (χ4v) is 3.53. The van der Waals surface area contributed by atoms with E-state index < -0.39 is 10.1 Å². The smallest absolute Gasteiger partial charge is 0.264 e. The number of hydrogen-bond donors (Lipinski definition) is 1. The summed E-state index contributed by atoms with van der Waals surface area (Å²) in [5.41, 5.74) is 0. The molecule has 26 heavy (non-hydrogen) atoms. The van der Waals surface area contributed by atoms with Crippen LogP contribution < -0.4 is 0 Å². The van der Waals surface area contributed by atoms with Gasteiger partial charge in [0.25, 0.3) is 10.1 Å². The van der Waals surface area contributed by atoms with Crippen molar-refractivity contribution in [3.8, 4) is 0 Å². The highest BCUT2D eigenvalue weighted by atomic mass is 32.2. The van der Waals surface area contributed by atoms with E-state index in [2.05, 4.69) is 20.9 Å². The second kappa shape index (κ2) is 15.8. The van der Waals surface area contributed by atoms with Crippen LogP contribution in [0.15, 0.2) is 0 Å². The van der Waals surface area contributed by atoms with E-state index in [-0.39, 0.29) is 5.75 Å². The first-order valence-corrected chi connectivity index (χ1v) is 11.9. The van der Waals surface area contributed by atoms with Crippen molar-refractivity contribution in [2.45, 2.75) is 65.2 Å². The number of rotatable bonds is 19. The Morgan fingerprint density at radius 3 is 1.88 bits per heavy atom. The van der Waals surface area contributed by atoms with Gasteiger partial charge < -0.3 is 14.0 Å². The van der Waals surface area contributed by atoms with Crippen molar-refractivity contribution in [2.75, 3.05) is 58.9 Å². The van der Waals surface area contributed by atoms with E-state index in [9.17, 15) is 8.42 Å². The molecule has 0 amide bonds. The second-order valence-electron chi connectivity index (χ2n) is 7.42. The van der Waals surface area contributed by atoms with Crippen molar-refractivity contribution < 1.29 is 26.9 Å². The summed E-state index contributed by atoms with van der Waals surface area (Å²) < 4.78 is 42.6. The third kappa shape index (κ3) is 17.2. The third-order valence-corrected chi connectivity index (χ3v) is 5.45. The highest BCUT2D eigenvalue weighted by molar-refractivity contribution is 7.85. The van der Waals surface area contributed by atoms with E-state index in [4.69, 9.17) is 14.0 Å². The molecule has 0 aromatic rings. The summed E-state index contributed by atoms with van der Waals surface area (Å²) in [6, 6.07) is 0. The Hall–Kier alpha value is -0.210. The summed E-state index contributed by atoms with van der Waals surface area (Å²) in [4.78, 5) is 0. The minimum Gasteiger partial charge on any atom is -0.379 e. The second-order valence-corrected chi connectivity index (χ2v) is 8.99. The molecule has 0 radical (unpaired) electrons. The number of unbranched alkanes of at least 4 members (excludes halogenated alkanes) is 5. The molecule has 7 heteroatoms. The number of hydrogen-bond acceptors (Lipinski definition) is 4. The van der Waals surface area contributed by atoms with Crippen LogP contribution in [0.5, 0.6) is 0 Å². The van der Waals surface area contributed by atoms with Gasteiger partial charge in [0.15, 0.2) is 0 Å². The lowest BCUT2D eigenvalue weighted by atomic mass is 10.1. The molecule has 0 aliphatic carbocycles. The summed E-state index contributed by atoms with van der Waals surface area (Å²) in [5.74, 6) is -0.144. The zero-order valence-corrected chi connectivity index (χ0v) is 18.1. The van der Waals surface area contributed by atoms with Crippen molar-refractivity contribution in [1.82, 2.24) is 0 Å². The van der Waals surface area contributed by atoms with Crippen molar-refractivity contribution in [1.29, 1.82) is 0 Å². The Labute approximate surface area is 161 Å². The fourth-order valence-electron chi connectivity index (χ4n) is 2.96. The zero-order valence-electron chi connectivity index (χ0n) is 17.2. The Balaban J connectivity index is 4.16. The van der Waals surface area contributed by atoms with E-state index in [0.717, 1.165) is 43.6 Å². The van der Waals surface area contributed by atoms with Crippen LogP contribution in [0.4, 0.5) is 0 Å². The van der Waals surface area contributed by atoms with Gasteiger partial charge >= 0.3 is 0 Å². The molecule has 1 atom stereocenters. The van der Waals surface area contributed by atoms with Crippen LogP contribution in [-0.2, 0) is 19.6 Å². The fraction of sp³-hybridized carbons (Fsp3) is 1.00. The van der Waals surface area contributed by atoms with Crippen LogP contribution >= 0.6 is 0 Å². The minimum absolute atomic E-state index is 0.144. The SMILES string of the molecule is CCCCCCC[N+](C)(CCCCS(=O)(=O)O)CCOCCOCCC. The van der Waals surface area contributed by atoms with Crippen molar-refractivity contribution >= 4 is 10.1 Å². The lowest BCUT2D eigenvalue weighted by molar-refractivity contribution is -0.910. The number of nitrogens with zero attached hydrogens (tertiary/aromatic N) is 1. The van der Waals surface area contributed by atoms with E-state index in [1.807, 2.05) is 0 Å². The molecule has 1 unspecified atom stereocenters. The molecule has 0 aromatic carbocycles. The van der Waals surface area contributed by atoms with Gasteiger partial charge in [-0.05, 0) is 32.1 Å². The van der Waals surface area contributed by atoms with Gasteiger partial charge in [-0.2, -0.15) is 8.42 Å². The molecular weight excluding hydrogens is 354 g/mol. The predicted octanol–water partition coefficient (Wildman–Crippen LogP) is 3.51. The first kappa shape index (κ1) is 25.8. The van der Waals surface area contributed by atoms with Gasteiger partial charge in [0.05, 0.1) is 45.7 Å². The van der Waals surface area contributed by atoms with Gasteiger partial charge in [0, 0.05) is 6.61 Å². The van der Waals surface area contributed by atoms with Crippen LogP contribution in [0.3, 0.4) is 0 Å². The third-order valence-electron chi connectivity index (χ3n) is 4.65. The normalized spacial score (nSPS) is 14.5. The Morgan fingerprint density at radius 1 is 0.731 bits per heavy atom. The van der Waals surface area contributed by atoms with E-state index in [0.29, 0.717) is 26.2 Å². The van der Waals surface area contributed by atoms with Crippen molar-refractivity contribution in [3.05, 3.63) is 0 Å². The molecule has 0 aromatic heterocycles. The average Bonchev–Trinajstić information content (AvgIpc) is 2.57. The number of ether oxygens (including phenoxy) is 2. The maximum atomic E-state index is 10.9. The first-order valence-electron chi connectivity index (χ1n) is 10.3. The summed E-state index contributed by atoms with van der Waals surface area (Å²) in [7, 11) is -1.62. The largest absolute Gasteiger partial charge is 0.379 e. The Kier molecular flexibility index (Phi) is 15.7. The Morgan fingerprint density at radius 2 is 1.31 bits per heavy atom. The highest BCUT2D eigenvalue weighted by Crippen LogP contribution is 2.12. The molecule has 0 heterocycles. The quantitative estimate of drug-likeness (QED) is 0.205. The maximum absolute atomic E-state index is 10.9. The number of quaternary nitrogens is 1. The summed E-state index contributed by atoms with van der Waals surface area (Å²) in [5, 5.41) is 0. The molecule has 0 aliphatic rings. The molecular formula is C19H42NO5S+. The summed E-state index contributed by atoms with van der Waals surface area (Å²) in [6.07, 6.45) is 8.58. The van der Waals surface area contributed by atoms with Gasteiger partial charge in [0.1, 0.15) is 6.54 Å². The molecule has 6 nitrogen and oxygen atoms in total. The van der Waals surface area contributed by atoms with Crippen molar-refractivity contribution in [2.24, 2.45) is 0 Å². The Bertz CT molecular complexity index is 416. The van der Waals surface area contributed by atoms with E-state index in [1.165, 1.54) is 32.1 Å². The predicted molar refractivity (Wildman–Crippen MR) is 107 cm³/mol. The van der Waals surface area contributed by atoms with Gasteiger partial charge in [-0.25, -0.2) is 0 Å². The molecule has 0 fully saturated rings. The van der Waals surface area contributed by atoms with Crippen molar-refractivity contribution in [3.63, 3.8) is 0 Å². The first-order chi connectivity index (χ1) is 12.3. The van der Waals surface area contributed by atoms with Crippen LogP contribution in [0.2, 0.25) is 0 Å². The molecule has 158 valence electrons. The van der Waals surface area contributed by atoms with E-state index >= 15 is 0 Å². The van der Waals surface area contributed by atoms with Crippen LogP contribution in [-0.4, -0.2) is 76.3 Å². The molecule has 0 aliphatic heterocycles. The van der Waals surface area contributed by atoms with Gasteiger partial charge in [-0.3, -0.25) is 4.55 Å². The standard InChI is InChI=1S/C19H41NO5S/c1-4-6-7-8-9-12-20(3,13-10-11-19-26(21,22)23)14-16-25-18-17-24-15-5-2/h4-19H2,1-3H3/p+1. The molecule has 0 spiro atoms. The van der Waals surface area contributed by atoms with Crippen LogP contribution in [0, 0.1) is 0 Å². The number of likely N-dealkylation sites (N-methyl/N-ethyl adjacent to an activating group) is 1. The molecule has 0 saturated carbocycles. The highest BCUT2D eigenvalue weighted by Gasteiger charge is 2.21. The van der Waals surface area contributed by atoms with E-state index in [1.54, 1.807) is 0 Å². The maximum Gasteiger partial charge on any atom is 0.264 e. The minimum atomic E-state index is -3.85. The summed E-state index contributed by atoms with van der Waals surface area (Å²) in [6.45, 7) is 9.98. The lowest BCUT2D eigenvalue weighted by Gasteiger charge is -2.35. The van der Waals surface area contributed by atoms with Crippen LogP contribution in [0.25, 0.3) is 0 Å². The lowest BCUT2D eigenvalue weighted by Crippen LogP contribution is -2.48. The van der Waals surface area contributed by atoms with Gasteiger partial charge in [0.2, 0.25) is 0 Å². The zero-order chi connectivity index (χ0) is 19.7. The average molecular weight is 397 g/mol. The van der Waals surface area contributed by atoms with Gasteiger partial charge in [-0.1, -0.05) is 33.1 Å². The molecule has 1 N–H and O–H groups in total. The topological polar surface area (TPSA) is 72.8 Å². The molecule has 0 rings (SSSR count). The van der Waals surface area contributed by atoms with Gasteiger partial charge in [-0.15, -0.1) is 0 Å². The summed E-state index contributed by atoms with van der Waals surface area (Å²) >= 11 is 0. The van der Waals surface area contributed by atoms with Crippen LogP contribution in [0.1, 0.15) is 65.2 Å². The monoisotopic (exact) mass is 396 g/mol.